The molecule has 0 bridgehead atoms. The van der Waals surface area contributed by atoms with Gasteiger partial charge in [0.05, 0.1) is 0 Å². The zero-order valence-corrected chi connectivity index (χ0v) is 13.1. The Morgan fingerprint density at radius 1 is 0.889 bits per heavy atom. The molecule has 0 radical (unpaired) electrons. The summed E-state index contributed by atoms with van der Waals surface area (Å²) in [4.78, 5) is 23.2. The first-order chi connectivity index (χ1) is 8.29. The van der Waals surface area contributed by atoms with Crippen molar-refractivity contribution in [3.05, 3.63) is 5.92 Å². The smallest absolute Gasteiger partial charge is 0.545 e. The molecular weight excluding hydrogens is 317 g/mol. The predicted molar refractivity (Wildman–Crippen MR) is 70.7 cm³/mol. The normalized spacial score (nSPS) is 13.5. The molecule has 3 nitrogen and oxygen atoms in total. The molecule has 0 saturated heterocycles. The van der Waals surface area contributed by atoms with Crippen molar-refractivity contribution in [3.8, 4) is 0 Å². The second-order valence-corrected chi connectivity index (χ2v) is 4.25. The number of hydrogen-bond donors (Lipinski definition) is 0. The summed E-state index contributed by atoms with van der Waals surface area (Å²) < 4.78 is 0. The third-order valence-corrected chi connectivity index (χ3v) is 2.78. The van der Waals surface area contributed by atoms with E-state index in [9.17, 15) is 0 Å². The minimum atomic E-state index is 0. The second-order valence-electron chi connectivity index (χ2n) is 4.25. The largest absolute Gasteiger partial charge is 4.00 e. The first-order valence-electron chi connectivity index (χ1n) is 5.79. The van der Waals surface area contributed by atoms with E-state index in [1.165, 1.54) is 44.9 Å². The van der Waals surface area contributed by atoms with Crippen molar-refractivity contribution in [2.24, 2.45) is 5.92 Å². The van der Waals surface area contributed by atoms with Gasteiger partial charge in [0.25, 0.3) is 0 Å². The summed E-state index contributed by atoms with van der Waals surface area (Å²) in [6.07, 6.45) is 10.3. The van der Waals surface area contributed by atoms with Gasteiger partial charge in [-0.2, -0.15) is 20.3 Å². The molecule has 0 amide bonds. The molecule has 0 aliphatic heterocycles. The van der Waals surface area contributed by atoms with E-state index in [2.05, 4.69) is 34.2 Å². The van der Waals surface area contributed by atoms with E-state index < -0.39 is 0 Å². The van der Waals surface area contributed by atoms with Gasteiger partial charge in [-0.15, -0.1) is 0 Å². The third kappa shape index (κ3) is 21.0. The van der Waals surface area contributed by atoms with Gasteiger partial charge in [-0.25, -0.2) is 0 Å². The molecule has 4 heteroatoms. The van der Waals surface area contributed by atoms with Gasteiger partial charge in [-0.1, -0.05) is 38.5 Å². The summed E-state index contributed by atoms with van der Waals surface area (Å²) in [7, 11) is 0. The molecule has 1 fully saturated rings. The topological polar surface area (TPSA) is 51.2 Å². The minimum Gasteiger partial charge on any atom is -0.545 e. The molecule has 0 unspecified atom stereocenters. The van der Waals surface area contributed by atoms with Gasteiger partial charge in [0.1, 0.15) is 0 Å². The minimum absolute atomic E-state index is 0. The number of carbonyl (C=O) groups excluding carboxylic acids is 3. The maximum atomic E-state index is 7.75. The fraction of sp³-hybridized carbons (Fsp3) is 0.714. The van der Waals surface area contributed by atoms with E-state index in [4.69, 9.17) is 14.4 Å². The van der Waals surface area contributed by atoms with Crippen LogP contribution in [0.4, 0.5) is 0 Å². The van der Waals surface area contributed by atoms with Crippen LogP contribution in [0.3, 0.4) is 0 Å². The fourth-order valence-electron chi connectivity index (χ4n) is 1.97. The molecule has 0 N–H and O–H groups in total. The summed E-state index contributed by atoms with van der Waals surface area (Å²) in [6.45, 7) is 14.3. The van der Waals surface area contributed by atoms with Crippen molar-refractivity contribution in [1.29, 1.82) is 0 Å². The van der Waals surface area contributed by atoms with Crippen molar-refractivity contribution < 1.29 is 33.9 Å². The fourth-order valence-corrected chi connectivity index (χ4v) is 1.97. The van der Waals surface area contributed by atoms with Crippen LogP contribution in [0.5, 0.6) is 0 Å². The maximum Gasteiger partial charge on any atom is 4.00 e. The Morgan fingerprint density at radius 3 is 1.61 bits per heavy atom. The molecule has 1 aliphatic rings. The van der Waals surface area contributed by atoms with E-state index in [1.807, 2.05) is 0 Å². The van der Waals surface area contributed by atoms with Crippen molar-refractivity contribution in [3.63, 3.8) is 0 Å². The van der Waals surface area contributed by atoms with Gasteiger partial charge in [-0.05, 0) is 5.92 Å². The van der Waals surface area contributed by atoms with E-state index >= 15 is 0 Å². The Hall–Kier alpha value is -0.367. The van der Waals surface area contributed by atoms with Crippen LogP contribution in [0.2, 0.25) is 0 Å². The number of rotatable bonds is 3. The standard InChI is InChI=1S/C11H21.3CHO.Ru/c1-10(2)8-9-11-6-4-3-5-7-11;3*1-2;/h11H,3-9H2,1-2H3;3*1H;/q4*-1;+4. The molecule has 1 saturated carbocycles. The average molecular weight is 341 g/mol. The average Bonchev–Trinajstić information content (AvgIpc) is 2.44. The van der Waals surface area contributed by atoms with Gasteiger partial charge in [0.2, 0.25) is 0 Å². The van der Waals surface area contributed by atoms with Crippen LogP contribution in [-0.2, 0) is 33.9 Å². The number of hydrogen-bond acceptors (Lipinski definition) is 3. The zero-order valence-electron chi connectivity index (χ0n) is 11.3. The van der Waals surface area contributed by atoms with Gasteiger partial charge >= 0.3 is 19.5 Å². The molecule has 0 atom stereocenters. The molecule has 0 aromatic carbocycles. The Bertz CT molecular complexity index is 132. The molecule has 0 heterocycles. The Morgan fingerprint density at radius 2 is 1.28 bits per heavy atom. The SMILES string of the molecule is C[C-](C)CCC1CCCCC1.[CH-]=O.[CH-]=O.[CH-]=O.[Ru+4]. The second kappa shape index (κ2) is 25.5. The first kappa shape index (κ1) is 26.2. The molecular formula is C14H24O3Ru. The monoisotopic (exact) mass is 342 g/mol. The molecule has 1 aliphatic carbocycles. The predicted octanol–water partition coefficient (Wildman–Crippen LogP) is 3.14. The van der Waals surface area contributed by atoms with E-state index in [1.54, 1.807) is 5.92 Å². The zero-order chi connectivity index (χ0) is 14.1. The molecule has 0 spiro atoms. The van der Waals surface area contributed by atoms with Crippen molar-refractivity contribution in [1.82, 2.24) is 0 Å². The molecule has 1 rings (SSSR count). The third-order valence-electron chi connectivity index (χ3n) is 2.78. The summed E-state index contributed by atoms with van der Waals surface area (Å²) >= 11 is 0. The summed E-state index contributed by atoms with van der Waals surface area (Å²) in [5.74, 6) is 2.68. The van der Waals surface area contributed by atoms with Crippen molar-refractivity contribution in [2.45, 2.75) is 58.8 Å². The first-order valence-corrected chi connectivity index (χ1v) is 5.79. The van der Waals surface area contributed by atoms with E-state index in [0.717, 1.165) is 5.92 Å². The molecule has 18 heavy (non-hydrogen) atoms. The van der Waals surface area contributed by atoms with E-state index in [0.29, 0.717) is 0 Å². The van der Waals surface area contributed by atoms with Crippen molar-refractivity contribution in [2.75, 3.05) is 0 Å². The van der Waals surface area contributed by atoms with E-state index in [-0.39, 0.29) is 19.5 Å². The van der Waals surface area contributed by atoms with Gasteiger partial charge in [-0.3, -0.25) is 20.4 Å². The molecule has 106 valence electrons. The van der Waals surface area contributed by atoms with Crippen LogP contribution < -0.4 is 0 Å². The molecule has 0 aromatic rings. The van der Waals surface area contributed by atoms with Crippen LogP contribution >= 0.6 is 0 Å². The quantitative estimate of drug-likeness (QED) is 0.450. The Kier molecular flexibility index (Phi) is 37.1. The van der Waals surface area contributed by atoms with Crippen molar-refractivity contribution >= 4 is 20.4 Å². The summed E-state index contributed by atoms with van der Waals surface area (Å²) in [6, 6.07) is 0. The van der Waals surface area contributed by atoms with Crippen LogP contribution in [0, 0.1) is 11.8 Å². The van der Waals surface area contributed by atoms with Crippen LogP contribution in [0.1, 0.15) is 58.8 Å². The van der Waals surface area contributed by atoms with Gasteiger partial charge < -0.3 is 20.3 Å². The Balaban J connectivity index is -0.000000123. The van der Waals surface area contributed by atoms with Crippen LogP contribution in [0.25, 0.3) is 0 Å². The van der Waals surface area contributed by atoms with Crippen LogP contribution in [0.15, 0.2) is 0 Å². The molecule has 0 aromatic heterocycles. The summed E-state index contributed by atoms with van der Waals surface area (Å²) in [5.41, 5.74) is 0. The summed E-state index contributed by atoms with van der Waals surface area (Å²) in [5, 5.41) is 0. The maximum absolute atomic E-state index is 7.75. The van der Waals surface area contributed by atoms with Gasteiger partial charge in [0.15, 0.2) is 0 Å². The Labute approximate surface area is 125 Å². The van der Waals surface area contributed by atoms with Gasteiger partial charge in [0, 0.05) is 0 Å². The van der Waals surface area contributed by atoms with Crippen LogP contribution in [-0.4, -0.2) is 20.4 Å².